The number of hydrogen-bond donors (Lipinski definition) is 3. The molecule has 1 saturated carbocycles. The summed E-state index contributed by atoms with van der Waals surface area (Å²) in [5.74, 6) is -0.904. The van der Waals surface area contributed by atoms with Crippen LogP contribution in [0, 0.1) is 0 Å². The lowest BCUT2D eigenvalue weighted by Gasteiger charge is -2.31. The minimum absolute atomic E-state index is 0.125. The molecule has 4 heteroatoms. The molecule has 4 nitrogen and oxygen atoms in total. The number of aliphatic hydroxyl groups excluding tert-OH is 1. The largest absolute Gasteiger partial charge is 0.480 e. The van der Waals surface area contributed by atoms with E-state index >= 15 is 0 Å². The highest BCUT2D eigenvalue weighted by Gasteiger charge is 2.28. The molecule has 1 aliphatic rings. The van der Waals surface area contributed by atoms with Gasteiger partial charge in [-0.25, -0.2) is 0 Å². The second-order valence-electron chi connectivity index (χ2n) is 4.81. The molecule has 0 saturated heterocycles. The van der Waals surface area contributed by atoms with Gasteiger partial charge in [0, 0.05) is 6.04 Å². The quantitative estimate of drug-likeness (QED) is 0.759. The molecule has 1 aromatic carbocycles. The van der Waals surface area contributed by atoms with Crippen LogP contribution in [0.15, 0.2) is 30.3 Å². The van der Waals surface area contributed by atoms with Crippen molar-refractivity contribution in [3.8, 4) is 0 Å². The number of hydrogen-bond acceptors (Lipinski definition) is 3. The number of rotatable bonds is 4. The molecule has 0 spiro atoms. The SMILES string of the molecule is O=C(O)C(NC1CCCCC1O)c1ccccc1. The molecule has 0 heterocycles. The summed E-state index contributed by atoms with van der Waals surface area (Å²) in [5, 5.41) is 22.3. The normalized spacial score (nSPS) is 25.6. The Hall–Kier alpha value is -1.39. The molecular weight excluding hydrogens is 230 g/mol. The third-order valence-corrected chi connectivity index (χ3v) is 3.49. The van der Waals surface area contributed by atoms with Crippen LogP contribution in [0.1, 0.15) is 37.3 Å². The summed E-state index contributed by atoms with van der Waals surface area (Å²) in [7, 11) is 0. The Kier molecular flexibility index (Phi) is 4.33. The smallest absolute Gasteiger partial charge is 0.325 e. The molecule has 0 aliphatic heterocycles. The molecule has 0 amide bonds. The summed E-state index contributed by atoms with van der Waals surface area (Å²) in [6, 6.07) is 8.22. The molecule has 3 unspecified atom stereocenters. The van der Waals surface area contributed by atoms with Gasteiger partial charge >= 0.3 is 5.97 Å². The van der Waals surface area contributed by atoms with Crippen molar-refractivity contribution in [2.75, 3.05) is 0 Å². The van der Waals surface area contributed by atoms with E-state index in [9.17, 15) is 15.0 Å². The highest BCUT2D eigenvalue weighted by atomic mass is 16.4. The first kappa shape index (κ1) is 13.1. The van der Waals surface area contributed by atoms with Crippen LogP contribution in [0.25, 0.3) is 0 Å². The Morgan fingerprint density at radius 3 is 2.50 bits per heavy atom. The zero-order valence-corrected chi connectivity index (χ0v) is 10.2. The molecule has 0 aromatic heterocycles. The van der Waals surface area contributed by atoms with Crippen molar-refractivity contribution in [2.45, 2.75) is 43.9 Å². The van der Waals surface area contributed by atoms with E-state index in [1.165, 1.54) is 0 Å². The number of aliphatic hydroxyl groups is 1. The third kappa shape index (κ3) is 3.09. The second-order valence-corrected chi connectivity index (χ2v) is 4.81. The maximum atomic E-state index is 11.3. The van der Waals surface area contributed by atoms with Crippen LogP contribution in [0.5, 0.6) is 0 Å². The monoisotopic (exact) mass is 249 g/mol. The Morgan fingerprint density at radius 1 is 1.22 bits per heavy atom. The Labute approximate surface area is 107 Å². The van der Waals surface area contributed by atoms with Gasteiger partial charge in [-0.2, -0.15) is 0 Å². The van der Waals surface area contributed by atoms with Gasteiger partial charge < -0.3 is 10.2 Å². The van der Waals surface area contributed by atoms with Gasteiger partial charge in [-0.15, -0.1) is 0 Å². The molecule has 1 aliphatic carbocycles. The number of aliphatic carboxylic acids is 1. The standard InChI is InChI=1S/C14H19NO3/c16-12-9-5-4-8-11(12)15-13(14(17)18)10-6-2-1-3-7-10/h1-3,6-7,11-13,15-16H,4-5,8-9H2,(H,17,18). The highest BCUT2D eigenvalue weighted by Crippen LogP contribution is 2.22. The van der Waals surface area contributed by atoms with Crippen LogP contribution in [0.4, 0.5) is 0 Å². The topological polar surface area (TPSA) is 69.6 Å². The Bertz CT molecular complexity index is 393. The zero-order valence-electron chi connectivity index (χ0n) is 10.2. The summed E-state index contributed by atoms with van der Waals surface area (Å²) >= 11 is 0. The van der Waals surface area contributed by atoms with E-state index in [1.807, 2.05) is 18.2 Å². The van der Waals surface area contributed by atoms with E-state index in [0.717, 1.165) is 31.2 Å². The van der Waals surface area contributed by atoms with Crippen molar-refractivity contribution in [3.05, 3.63) is 35.9 Å². The van der Waals surface area contributed by atoms with Gasteiger partial charge in [0.05, 0.1) is 6.10 Å². The lowest BCUT2D eigenvalue weighted by atomic mass is 9.91. The zero-order chi connectivity index (χ0) is 13.0. The third-order valence-electron chi connectivity index (χ3n) is 3.49. The summed E-state index contributed by atoms with van der Waals surface area (Å²) in [5.41, 5.74) is 0.725. The molecular formula is C14H19NO3. The van der Waals surface area contributed by atoms with Gasteiger partial charge in [-0.3, -0.25) is 10.1 Å². The molecule has 98 valence electrons. The van der Waals surface area contributed by atoms with Crippen molar-refractivity contribution < 1.29 is 15.0 Å². The van der Waals surface area contributed by atoms with Gasteiger partial charge in [-0.05, 0) is 18.4 Å². The average Bonchev–Trinajstić information content (AvgIpc) is 2.38. The average molecular weight is 249 g/mol. The maximum Gasteiger partial charge on any atom is 0.325 e. The maximum absolute atomic E-state index is 11.3. The summed E-state index contributed by atoms with van der Waals surface area (Å²) < 4.78 is 0. The Balaban J connectivity index is 2.09. The highest BCUT2D eigenvalue weighted by molar-refractivity contribution is 5.75. The van der Waals surface area contributed by atoms with Gasteiger partial charge in [0.1, 0.15) is 6.04 Å². The lowest BCUT2D eigenvalue weighted by Crippen LogP contribution is -2.45. The van der Waals surface area contributed by atoms with Crippen molar-refractivity contribution in [1.29, 1.82) is 0 Å². The molecule has 1 aromatic rings. The summed E-state index contributed by atoms with van der Waals surface area (Å²) in [4.78, 5) is 11.3. The molecule has 18 heavy (non-hydrogen) atoms. The number of carboxylic acid groups (broad SMARTS) is 1. The van der Waals surface area contributed by atoms with Gasteiger partial charge in [0.25, 0.3) is 0 Å². The number of benzene rings is 1. The van der Waals surface area contributed by atoms with Crippen LogP contribution in [-0.2, 0) is 4.79 Å². The number of nitrogens with one attached hydrogen (secondary N) is 1. The van der Waals surface area contributed by atoms with Crippen LogP contribution in [-0.4, -0.2) is 28.3 Å². The van der Waals surface area contributed by atoms with Crippen molar-refractivity contribution >= 4 is 5.97 Å². The van der Waals surface area contributed by atoms with Gasteiger partial charge in [0.2, 0.25) is 0 Å². The molecule has 0 bridgehead atoms. The van der Waals surface area contributed by atoms with Crippen molar-refractivity contribution in [3.63, 3.8) is 0 Å². The van der Waals surface area contributed by atoms with E-state index in [4.69, 9.17) is 0 Å². The van der Waals surface area contributed by atoms with Crippen molar-refractivity contribution in [1.82, 2.24) is 5.32 Å². The predicted octanol–water partition coefficient (Wildman–Crippen LogP) is 1.71. The van der Waals surface area contributed by atoms with Crippen LogP contribution in [0.2, 0.25) is 0 Å². The number of carbonyl (C=O) groups is 1. The van der Waals surface area contributed by atoms with E-state index in [2.05, 4.69) is 5.32 Å². The molecule has 3 atom stereocenters. The van der Waals surface area contributed by atoms with Gasteiger partial charge in [0.15, 0.2) is 0 Å². The van der Waals surface area contributed by atoms with Gasteiger partial charge in [-0.1, -0.05) is 43.2 Å². The van der Waals surface area contributed by atoms with Crippen molar-refractivity contribution in [2.24, 2.45) is 0 Å². The second kappa shape index (κ2) is 5.98. The summed E-state index contributed by atoms with van der Waals surface area (Å²) in [6.07, 6.45) is 3.19. The summed E-state index contributed by atoms with van der Waals surface area (Å²) in [6.45, 7) is 0. The predicted molar refractivity (Wildman–Crippen MR) is 68.2 cm³/mol. The fraction of sp³-hybridized carbons (Fsp3) is 0.500. The molecule has 0 radical (unpaired) electrons. The fourth-order valence-corrected chi connectivity index (χ4v) is 2.48. The van der Waals surface area contributed by atoms with Crippen LogP contribution >= 0.6 is 0 Å². The lowest BCUT2D eigenvalue weighted by molar-refractivity contribution is -0.140. The van der Waals surface area contributed by atoms with Crippen LogP contribution < -0.4 is 5.32 Å². The first-order valence-corrected chi connectivity index (χ1v) is 6.40. The van der Waals surface area contributed by atoms with Crippen LogP contribution in [0.3, 0.4) is 0 Å². The van der Waals surface area contributed by atoms with E-state index in [1.54, 1.807) is 12.1 Å². The Morgan fingerprint density at radius 2 is 1.89 bits per heavy atom. The molecule has 1 fully saturated rings. The first-order valence-electron chi connectivity index (χ1n) is 6.40. The molecule has 2 rings (SSSR count). The minimum Gasteiger partial charge on any atom is -0.480 e. The molecule has 3 N–H and O–H groups in total. The first-order chi connectivity index (χ1) is 8.68. The fourth-order valence-electron chi connectivity index (χ4n) is 2.48. The van der Waals surface area contributed by atoms with E-state index in [0.29, 0.717) is 0 Å². The minimum atomic E-state index is -0.904. The van der Waals surface area contributed by atoms with E-state index < -0.39 is 18.1 Å². The van der Waals surface area contributed by atoms with E-state index in [-0.39, 0.29) is 6.04 Å². The number of carboxylic acids is 1.